The van der Waals surface area contributed by atoms with Crippen molar-refractivity contribution in [3.63, 3.8) is 0 Å². The van der Waals surface area contributed by atoms with Crippen LogP contribution in [-0.2, 0) is 12.1 Å². The molecule has 3 heterocycles. The smallest absolute Gasteiger partial charge is 0.168 e. The Balaban J connectivity index is 1.32. The summed E-state index contributed by atoms with van der Waals surface area (Å²) in [6.45, 7) is 14.0. The van der Waals surface area contributed by atoms with E-state index < -0.39 is 0 Å². The zero-order valence-electron chi connectivity index (χ0n) is 16.3. The van der Waals surface area contributed by atoms with Crippen molar-refractivity contribution in [1.29, 1.82) is 0 Å². The Bertz CT molecular complexity index is 730. The van der Waals surface area contributed by atoms with E-state index in [-0.39, 0.29) is 11.6 Å². The monoisotopic (exact) mass is 358 g/mol. The van der Waals surface area contributed by atoms with Crippen LogP contribution in [0.2, 0.25) is 0 Å². The minimum Gasteiger partial charge on any atom is -0.296 e. The molecule has 0 N–H and O–H groups in total. The molecule has 8 nitrogen and oxygen atoms in total. The van der Waals surface area contributed by atoms with Crippen LogP contribution in [0.15, 0.2) is 12.4 Å². The topological polar surface area (TPSA) is 67.9 Å². The first-order valence-electron chi connectivity index (χ1n) is 9.70. The molecule has 2 fully saturated rings. The fourth-order valence-corrected chi connectivity index (χ4v) is 3.59. The van der Waals surface area contributed by atoms with Crippen molar-refractivity contribution >= 4 is 0 Å². The van der Waals surface area contributed by atoms with Gasteiger partial charge >= 0.3 is 0 Å². The van der Waals surface area contributed by atoms with Gasteiger partial charge in [0.1, 0.15) is 0 Å². The van der Waals surface area contributed by atoms with E-state index >= 15 is 0 Å². The fraction of sp³-hybridized carbons (Fsp3) is 0.778. The second kappa shape index (κ2) is 6.74. The third-order valence-corrected chi connectivity index (χ3v) is 5.47. The van der Waals surface area contributed by atoms with E-state index in [0.29, 0.717) is 6.04 Å². The lowest BCUT2D eigenvalue weighted by molar-refractivity contribution is 0.0928. The Morgan fingerprint density at radius 3 is 2.50 bits per heavy atom. The van der Waals surface area contributed by atoms with Crippen LogP contribution in [0.25, 0.3) is 0 Å². The Labute approximate surface area is 155 Å². The van der Waals surface area contributed by atoms with Gasteiger partial charge in [0.05, 0.1) is 23.8 Å². The molecule has 1 unspecified atom stereocenters. The normalized spacial score (nSPS) is 21.2. The van der Waals surface area contributed by atoms with Crippen molar-refractivity contribution in [3.8, 4) is 0 Å². The summed E-state index contributed by atoms with van der Waals surface area (Å²) in [6.07, 6.45) is 6.60. The molecule has 0 spiro atoms. The summed E-state index contributed by atoms with van der Waals surface area (Å²) in [5.41, 5.74) is 1.33. The molecule has 0 radical (unpaired) electrons. The first-order valence-corrected chi connectivity index (χ1v) is 9.70. The first-order chi connectivity index (χ1) is 12.4. The van der Waals surface area contributed by atoms with E-state index in [4.69, 9.17) is 0 Å². The SMILES string of the molecule is CC(c1nnnn1C1CC1)N1CCN(Cc2cnn(C(C)(C)C)c2)CC1. The van der Waals surface area contributed by atoms with E-state index in [2.05, 4.69) is 69.0 Å². The van der Waals surface area contributed by atoms with Crippen LogP contribution in [0.3, 0.4) is 0 Å². The number of piperazine rings is 1. The van der Waals surface area contributed by atoms with Crippen molar-refractivity contribution in [2.75, 3.05) is 26.2 Å². The van der Waals surface area contributed by atoms with Crippen LogP contribution < -0.4 is 0 Å². The third-order valence-electron chi connectivity index (χ3n) is 5.47. The summed E-state index contributed by atoms with van der Waals surface area (Å²) in [5.74, 6) is 1.02. The molecular formula is C18H30N8. The summed E-state index contributed by atoms with van der Waals surface area (Å²) >= 11 is 0. The lowest BCUT2D eigenvalue weighted by Gasteiger charge is -2.37. The largest absolute Gasteiger partial charge is 0.296 e. The number of hydrogen-bond acceptors (Lipinski definition) is 6. The molecule has 1 aliphatic heterocycles. The minimum absolute atomic E-state index is 0.0396. The van der Waals surface area contributed by atoms with E-state index in [1.807, 2.05) is 10.9 Å². The highest BCUT2D eigenvalue weighted by Gasteiger charge is 2.32. The Morgan fingerprint density at radius 2 is 1.88 bits per heavy atom. The highest BCUT2D eigenvalue weighted by atomic mass is 15.6. The highest BCUT2D eigenvalue weighted by molar-refractivity contribution is 5.06. The summed E-state index contributed by atoms with van der Waals surface area (Å²) in [7, 11) is 0. The molecule has 0 amide bonds. The molecular weight excluding hydrogens is 328 g/mol. The van der Waals surface area contributed by atoms with Gasteiger partial charge in [-0.3, -0.25) is 14.5 Å². The van der Waals surface area contributed by atoms with Gasteiger partial charge in [-0.05, 0) is 51.0 Å². The summed E-state index contributed by atoms with van der Waals surface area (Å²) in [6, 6.07) is 0.805. The van der Waals surface area contributed by atoms with Crippen molar-refractivity contribution in [2.45, 2.75) is 64.7 Å². The molecule has 1 saturated heterocycles. The number of hydrogen-bond donors (Lipinski definition) is 0. The molecule has 0 aromatic carbocycles. The molecule has 2 aliphatic rings. The lowest BCUT2D eigenvalue weighted by atomic mass is 10.1. The van der Waals surface area contributed by atoms with Gasteiger partial charge in [-0.1, -0.05) is 0 Å². The van der Waals surface area contributed by atoms with E-state index in [1.54, 1.807) is 0 Å². The maximum Gasteiger partial charge on any atom is 0.168 e. The Kier molecular flexibility index (Phi) is 4.56. The summed E-state index contributed by atoms with van der Waals surface area (Å²) < 4.78 is 4.09. The number of rotatable bonds is 5. The minimum atomic E-state index is 0.0396. The maximum absolute atomic E-state index is 4.52. The zero-order valence-corrected chi connectivity index (χ0v) is 16.3. The number of tetrazole rings is 1. The van der Waals surface area contributed by atoms with E-state index in [9.17, 15) is 0 Å². The average Bonchev–Trinajstić information content (AvgIpc) is 3.13. The van der Waals surface area contributed by atoms with Crippen LogP contribution in [0.1, 0.15) is 64.0 Å². The van der Waals surface area contributed by atoms with Gasteiger partial charge in [0.2, 0.25) is 0 Å². The maximum atomic E-state index is 4.52. The lowest BCUT2D eigenvalue weighted by Crippen LogP contribution is -2.47. The van der Waals surface area contributed by atoms with E-state index in [1.165, 1.54) is 18.4 Å². The van der Waals surface area contributed by atoms with Crippen LogP contribution >= 0.6 is 0 Å². The first kappa shape index (κ1) is 17.6. The second-order valence-electron chi connectivity index (χ2n) is 8.66. The molecule has 142 valence electrons. The van der Waals surface area contributed by atoms with Gasteiger partial charge in [-0.15, -0.1) is 5.10 Å². The molecule has 26 heavy (non-hydrogen) atoms. The van der Waals surface area contributed by atoms with Gasteiger partial charge in [-0.2, -0.15) is 5.10 Å². The van der Waals surface area contributed by atoms with Gasteiger partial charge in [-0.25, -0.2) is 4.68 Å². The summed E-state index contributed by atoms with van der Waals surface area (Å²) in [5, 5.41) is 16.9. The average molecular weight is 358 g/mol. The summed E-state index contributed by atoms with van der Waals surface area (Å²) in [4.78, 5) is 5.01. The second-order valence-corrected chi connectivity index (χ2v) is 8.66. The van der Waals surface area contributed by atoms with Crippen LogP contribution in [-0.4, -0.2) is 66.0 Å². The highest BCUT2D eigenvalue weighted by Crippen LogP contribution is 2.36. The number of aromatic nitrogens is 6. The van der Waals surface area contributed by atoms with Crippen molar-refractivity contribution < 1.29 is 0 Å². The van der Waals surface area contributed by atoms with E-state index in [0.717, 1.165) is 38.5 Å². The van der Waals surface area contributed by atoms with Crippen LogP contribution in [0.4, 0.5) is 0 Å². The Hall–Kier alpha value is -1.80. The van der Waals surface area contributed by atoms with Gasteiger partial charge in [0.15, 0.2) is 5.82 Å². The molecule has 2 aromatic heterocycles. The zero-order chi connectivity index (χ0) is 18.3. The molecule has 2 aromatic rings. The third kappa shape index (κ3) is 3.66. The quantitative estimate of drug-likeness (QED) is 0.812. The predicted molar refractivity (Wildman–Crippen MR) is 98.6 cm³/mol. The van der Waals surface area contributed by atoms with Gasteiger partial charge in [0.25, 0.3) is 0 Å². The van der Waals surface area contributed by atoms with Crippen LogP contribution in [0.5, 0.6) is 0 Å². The van der Waals surface area contributed by atoms with Gasteiger partial charge < -0.3 is 0 Å². The molecule has 8 heteroatoms. The Morgan fingerprint density at radius 1 is 1.15 bits per heavy atom. The van der Waals surface area contributed by atoms with Gasteiger partial charge in [0, 0.05) is 44.5 Å². The molecule has 1 atom stereocenters. The number of nitrogens with zero attached hydrogens (tertiary/aromatic N) is 8. The van der Waals surface area contributed by atoms with Crippen molar-refractivity contribution in [1.82, 2.24) is 39.8 Å². The molecule has 1 saturated carbocycles. The molecule has 0 bridgehead atoms. The molecule has 4 rings (SSSR count). The fourth-order valence-electron chi connectivity index (χ4n) is 3.59. The van der Waals surface area contributed by atoms with Crippen LogP contribution in [0, 0.1) is 0 Å². The van der Waals surface area contributed by atoms with Crippen molar-refractivity contribution in [2.24, 2.45) is 0 Å². The standard InChI is InChI=1S/C18H30N8/c1-14(17-20-21-22-26(17)16-5-6-16)24-9-7-23(8-10-24)12-15-11-19-25(13-15)18(2,3)4/h11,13-14,16H,5-10,12H2,1-4H3. The predicted octanol–water partition coefficient (Wildman–Crippen LogP) is 1.84. The van der Waals surface area contributed by atoms with Crippen molar-refractivity contribution in [3.05, 3.63) is 23.8 Å². The molecule has 1 aliphatic carbocycles.